The highest BCUT2D eigenvalue weighted by molar-refractivity contribution is 6.05. The van der Waals surface area contributed by atoms with E-state index in [1.54, 1.807) is 21.2 Å². The Morgan fingerprint density at radius 1 is 1.08 bits per heavy atom. The van der Waals surface area contributed by atoms with Crippen molar-refractivity contribution in [2.75, 3.05) is 57.3 Å². The average molecular weight is 536 g/mol. The number of para-hydroxylation sites is 2. The van der Waals surface area contributed by atoms with E-state index in [4.69, 9.17) is 0 Å². The number of likely N-dealkylation sites (N-methyl/N-ethyl adjacent to an activating group) is 1. The lowest BCUT2D eigenvalue weighted by Gasteiger charge is -2.35. The van der Waals surface area contributed by atoms with Crippen LogP contribution in [-0.4, -0.2) is 87.9 Å². The molecule has 5 rings (SSSR count). The second kappa shape index (κ2) is 10.6. The lowest BCUT2D eigenvalue weighted by atomic mass is 10.1. The van der Waals surface area contributed by atoms with Crippen LogP contribution < -0.4 is 15.6 Å². The Balaban J connectivity index is 1.67. The van der Waals surface area contributed by atoms with Crippen molar-refractivity contribution in [1.82, 2.24) is 29.1 Å². The molecule has 3 aromatic heterocycles. The summed E-state index contributed by atoms with van der Waals surface area (Å²) in [5.41, 5.74) is 1.66. The number of amides is 2. The van der Waals surface area contributed by atoms with E-state index in [1.807, 2.05) is 28.8 Å². The first-order valence-electron chi connectivity index (χ1n) is 13.4. The van der Waals surface area contributed by atoms with Crippen molar-refractivity contribution in [2.45, 2.75) is 20.8 Å². The molecule has 1 aliphatic heterocycles. The molecular weight excluding hydrogens is 501 g/mol. The lowest BCUT2D eigenvalue weighted by molar-refractivity contribution is -0.129. The summed E-state index contributed by atoms with van der Waals surface area (Å²) in [6.07, 6.45) is 0. The van der Waals surface area contributed by atoms with Crippen LogP contribution >= 0.6 is 0 Å². The van der Waals surface area contributed by atoms with Crippen molar-refractivity contribution in [3.05, 3.63) is 51.9 Å². The summed E-state index contributed by atoms with van der Waals surface area (Å²) < 4.78 is 19.1. The third-order valence-electron chi connectivity index (χ3n) is 7.72. The Morgan fingerprint density at radius 2 is 1.74 bits per heavy atom. The minimum atomic E-state index is -0.635. The number of aryl methyl sites for hydroxylation is 1. The van der Waals surface area contributed by atoms with E-state index in [2.05, 4.69) is 29.0 Å². The van der Waals surface area contributed by atoms with Gasteiger partial charge in [-0.25, -0.2) is 9.37 Å². The van der Waals surface area contributed by atoms with Crippen molar-refractivity contribution >= 4 is 45.3 Å². The molecule has 0 atom stereocenters. The van der Waals surface area contributed by atoms with Gasteiger partial charge in [0.1, 0.15) is 11.2 Å². The van der Waals surface area contributed by atoms with Crippen LogP contribution in [-0.2, 0) is 11.8 Å². The maximum atomic E-state index is 15.5. The molecular formula is C28H34FN7O3. The summed E-state index contributed by atoms with van der Waals surface area (Å²) in [6, 6.07) is 8.76. The Bertz CT molecular complexity index is 1630. The summed E-state index contributed by atoms with van der Waals surface area (Å²) >= 11 is 0. The normalized spacial score (nSPS) is 14.2. The fraction of sp³-hybridized carbons (Fsp3) is 0.429. The first kappa shape index (κ1) is 26.6. The predicted molar refractivity (Wildman–Crippen MR) is 150 cm³/mol. The summed E-state index contributed by atoms with van der Waals surface area (Å²) in [5, 5.41) is 2.94. The quantitative estimate of drug-likeness (QED) is 0.390. The molecule has 1 saturated heterocycles. The summed E-state index contributed by atoms with van der Waals surface area (Å²) in [7, 11) is 1.81. The van der Waals surface area contributed by atoms with Crippen LogP contribution in [0.5, 0.6) is 0 Å². The molecule has 4 heterocycles. The van der Waals surface area contributed by atoms with E-state index in [0.29, 0.717) is 44.9 Å². The maximum absolute atomic E-state index is 15.5. The second-order valence-corrected chi connectivity index (χ2v) is 9.85. The van der Waals surface area contributed by atoms with Gasteiger partial charge in [-0.1, -0.05) is 26.0 Å². The highest BCUT2D eigenvalue weighted by Crippen LogP contribution is 2.28. The minimum absolute atomic E-state index is 0.0199. The van der Waals surface area contributed by atoms with Gasteiger partial charge in [-0.2, -0.15) is 0 Å². The van der Waals surface area contributed by atoms with E-state index in [1.165, 1.54) is 13.0 Å². The van der Waals surface area contributed by atoms with E-state index in [0.717, 1.165) is 24.1 Å². The van der Waals surface area contributed by atoms with Crippen molar-refractivity contribution in [1.29, 1.82) is 0 Å². The molecule has 2 amide bonds. The van der Waals surface area contributed by atoms with Crippen LogP contribution in [0.3, 0.4) is 0 Å². The number of anilines is 1. The number of fused-ring (bicyclic) bond motifs is 5. The molecule has 0 radical (unpaired) electrons. The highest BCUT2D eigenvalue weighted by atomic mass is 19.1. The monoisotopic (exact) mass is 535 g/mol. The third kappa shape index (κ3) is 4.60. The topological polar surface area (TPSA) is 95.2 Å². The SMILES string of the molecule is CCN(CC)CCNC(=O)c1c(=O)c2cc(F)c(N3CCN(C(C)=O)CC3)nc2n2c3ccccc3n(C)c12. The van der Waals surface area contributed by atoms with Gasteiger partial charge in [0.15, 0.2) is 17.3 Å². The zero-order valence-electron chi connectivity index (χ0n) is 22.8. The van der Waals surface area contributed by atoms with Gasteiger partial charge >= 0.3 is 0 Å². The standard InChI is InChI=1S/C28H34FN7O3/c1-5-33(6-2)12-11-30-27(39)23-24(38)19-17-20(29)26(35-15-13-34(14-16-35)18(3)37)31-25(19)36-22-10-8-7-9-21(22)32(4)28(23)36/h7-10,17H,5-6,11-16H2,1-4H3,(H,30,39). The molecule has 206 valence electrons. The second-order valence-electron chi connectivity index (χ2n) is 9.85. The number of rotatable bonds is 7. The molecule has 10 nitrogen and oxygen atoms in total. The van der Waals surface area contributed by atoms with Gasteiger partial charge in [0.25, 0.3) is 5.91 Å². The molecule has 11 heteroatoms. The first-order chi connectivity index (χ1) is 18.8. The molecule has 1 N–H and O–H groups in total. The largest absolute Gasteiger partial charge is 0.351 e. The molecule has 0 unspecified atom stereocenters. The van der Waals surface area contributed by atoms with E-state index < -0.39 is 17.2 Å². The summed E-state index contributed by atoms with van der Waals surface area (Å²) in [4.78, 5) is 49.4. The van der Waals surface area contributed by atoms with Crippen LogP contribution in [0.15, 0.2) is 35.1 Å². The molecule has 39 heavy (non-hydrogen) atoms. The molecule has 1 aromatic carbocycles. The van der Waals surface area contributed by atoms with Gasteiger partial charge in [0.2, 0.25) is 11.3 Å². The predicted octanol–water partition coefficient (Wildman–Crippen LogP) is 2.22. The number of imidazole rings is 1. The zero-order valence-corrected chi connectivity index (χ0v) is 22.8. The van der Waals surface area contributed by atoms with Gasteiger partial charge in [0.05, 0.1) is 16.4 Å². The number of hydrogen-bond acceptors (Lipinski definition) is 6. The number of carbonyl (C=O) groups excluding carboxylic acids is 2. The smallest absolute Gasteiger partial charge is 0.259 e. The molecule has 0 saturated carbocycles. The van der Waals surface area contributed by atoms with Crippen LogP contribution in [0.25, 0.3) is 27.7 Å². The number of benzene rings is 1. The van der Waals surface area contributed by atoms with Crippen molar-refractivity contribution < 1.29 is 14.0 Å². The fourth-order valence-electron chi connectivity index (χ4n) is 5.47. The van der Waals surface area contributed by atoms with Gasteiger partial charge < -0.3 is 24.6 Å². The average Bonchev–Trinajstić information content (AvgIpc) is 3.23. The number of halogens is 1. The van der Waals surface area contributed by atoms with Gasteiger partial charge in [-0.3, -0.25) is 18.8 Å². The van der Waals surface area contributed by atoms with Crippen LogP contribution in [0.2, 0.25) is 0 Å². The molecule has 1 aliphatic rings. The molecule has 0 spiro atoms. The van der Waals surface area contributed by atoms with Crippen molar-refractivity contribution in [2.24, 2.45) is 7.05 Å². The van der Waals surface area contributed by atoms with Crippen LogP contribution in [0.4, 0.5) is 10.2 Å². The number of hydrogen-bond donors (Lipinski definition) is 1. The number of pyridine rings is 2. The number of aromatic nitrogens is 3. The minimum Gasteiger partial charge on any atom is -0.351 e. The summed E-state index contributed by atoms with van der Waals surface area (Å²) in [6.45, 7) is 10.2. The molecule has 0 aliphatic carbocycles. The van der Waals surface area contributed by atoms with E-state index >= 15 is 4.39 Å². The Labute approximate surface area is 225 Å². The van der Waals surface area contributed by atoms with Gasteiger partial charge in [-0.15, -0.1) is 0 Å². The number of piperazine rings is 1. The van der Waals surface area contributed by atoms with Crippen molar-refractivity contribution in [3.63, 3.8) is 0 Å². The molecule has 1 fully saturated rings. The number of nitrogens with one attached hydrogen (secondary N) is 1. The summed E-state index contributed by atoms with van der Waals surface area (Å²) in [5.74, 6) is -1.02. The maximum Gasteiger partial charge on any atom is 0.259 e. The Kier molecular flexibility index (Phi) is 7.26. The highest BCUT2D eigenvalue weighted by Gasteiger charge is 2.27. The molecule has 4 aromatic rings. The zero-order chi connectivity index (χ0) is 27.8. The fourth-order valence-corrected chi connectivity index (χ4v) is 5.47. The van der Waals surface area contributed by atoms with Crippen LogP contribution in [0.1, 0.15) is 31.1 Å². The van der Waals surface area contributed by atoms with Gasteiger partial charge in [-0.05, 0) is 31.3 Å². The first-order valence-corrected chi connectivity index (χ1v) is 13.4. The van der Waals surface area contributed by atoms with E-state index in [9.17, 15) is 14.4 Å². The van der Waals surface area contributed by atoms with Gasteiger partial charge in [0, 0.05) is 53.2 Å². The van der Waals surface area contributed by atoms with E-state index in [-0.39, 0.29) is 28.3 Å². The number of nitrogens with zero attached hydrogens (tertiary/aromatic N) is 6. The van der Waals surface area contributed by atoms with Crippen LogP contribution in [0, 0.1) is 5.82 Å². The lowest BCUT2D eigenvalue weighted by Crippen LogP contribution is -2.48. The van der Waals surface area contributed by atoms with Crippen molar-refractivity contribution in [3.8, 4) is 0 Å². The Morgan fingerprint density at radius 3 is 2.38 bits per heavy atom. The third-order valence-corrected chi connectivity index (χ3v) is 7.72. The number of carbonyl (C=O) groups is 2. The molecule has 0 bridgehead atoms. The Hall–Kier alpha value is -3.99.